The summed E-state index contributed by atoms with van der Waals surface area (Å²) in [5, 5.41) is 0. The van der Waals surface area contributed by atoms with Crippen molar-refractivity contribution < 1.29 is 32.5 Å². The van der Waals surface area contributed by atoms with Gasteiger partial charge in [0.25, 0.3) is 0 Å². The van der Waals surface area contributed by atoms with Gasteiger partial charge in [0.2, 0.25) is 0 Å². The van der Waals surface area contributed by atoms with E-state index in [1.807, 2.05) is 0 Å². The zero-order valence-electron chi connectivity index (χ0n) is 7.80. The number of carbonyl (C=O) groups is 3. The SMILES string of the molecule is CC(=O)OP(=O)(OC(C)=O)OC(C)=O.[CaH2]. The molecule has 0 spiro atoms. The van der Waals surface area contributed by atoms with Gasteiger partial charge in [-0.3, -0.25) is 14.4 Å². The molecule has 0 amide bonds. The van der Waals surface area contributed by atoms with Gasteiger partial charge in [0.1, 0.15) is 0 Å². The van der Waals surface area contributed by atoms with Crippen molar-refractivity contribution in [3.05, 3.63) is 0 Å². The van der Waals surface area contributed by atoms with Gasteiger partial charge < -0.3 is 13.6 Å². The van der Waals surface area contributed by atoms with Crippen LogP contribution >= 0.6 is 7.82 Å². The van der Waals surface area contributed by atoms with Crippen LogP contribution in [-0.4, -0.2) is 55.6 Å². The van der Waals surface area contributed by atoms with Gasteiger partial charge in [-0.2, -0.15) is 4.57 Å². The van der Waals surface area contributed by atoms with E-state index in [1.54, 1.807) is 0 Å². The number of carbonyl (C=O) groups excluding carboxylic acids is 3. The molecule has 0 aliphatic heterocycles. The number of hydrogen-bond acceptors (Lipinski definition) is 7. The van der Waals surface area contributed by atoms with Crippen molar-refractivity contribution in [1.29, 1.82) is 0 Å². The van der Waals surface area contributed by atoms with Crippen molar-refractivity contribution in [2.45, 2.75) is 20.8 Å². The van der Waals surface area contributed by atoms with Crippen molar-refractivity contribution >= 4 is 63.5 Å². The molecule has 0 unspecified atom stereocenters. The average molecular weight is 266 g/mol. The molecule has 0 heterocycles. The first-order chi connectivity index (χ1) is 6.25. The van der Waals surface area contributed by atoms with Gasteiger partial charge in [-0.1, -0.05) is 0 Å². The van der Waals surface area contributed by atoms with E-state index >= 15 is 0 Å². The van der Waals surface area contributed by atoms with Crippen LogP contribution in [0.15, 0.2) is 0 Å². The molecule has 0 fully saturated rings. The zero-order valence-corrected chi connectivity index (χ0v) is 8.70. The molecule has 0 aromatic carbocycles. The van der Waals surface area contributed by atoms with Crippen LogP contribution in [0.1, 0.15) is 20.8 Å². The maximum absolute atomic E-state index is 11.3. The van der Waals surface area contributed by atoms with Gasteiger partial charge in [-0.25, -0.2) is 0 Å². The summed E-state index contributed by atoms with van der Waals surface area (Å²) in [5.74, 6) is -2.97. The Balaban J connectivity index is 0. The van der Waals surface area contributed by atoms with Crippen LogP contribution < -0.4 is 0 Å². The topological polar surface area (TPSA) is 96.0 Å². The minimum atomic E-state index is -4.44. The van der Waals surface area contributed by atoms with Crippen molar-refractivity contribution in [2.75, 3.05) is 0 Å². The normalized spacial score (nSPS) is 9.53. The van der Waals surface area contributed by atoms with E-state index in [4.69, 9.17) is 0 Å². The molecule has 84 valence electrons. The fraction of sp³-hybridized carbons (Fsp3) is 0.500. The van der Waals surface area contributed by atoms with E-state index in [1.165, 1.54) is 0 Å². The number of hydrogen-bond donors (Lipinski definition) is 0. The molecule has 0 saturated heterocycles. The number of rotatable bonds is 3. The van der Waals surface area contributed by atoms with E-state index in [-0.39, 0.29) is 37.7 Å². The molecule has 0 N–H and O–H groups in total. The summed E-state index contributed by atoms with van der Waals surface area (Å²) in [6.07, 6.45) is 0. The summed E-state index contributed by atoms with van der Waals surface area (Å²) >= 11 is 0. The number of phosphoric acid groups is 1. The Labute approximate surface area is 116 Å². The molecule has 0 radical (unpaired) electrons. The summed E-state index contributed by atoms with van der Waals surface area (Å²) in [5.41, 5.74) is 0. The van der Waals surface area contributed by atoms with Crippen LogP contribution in [0.4, 0.5) is 0 Å². The first kappa shape index (κ1) is 17.3. The second-order valence-electron chi connectivity index (χ2n) is 2.20. The predicted molar refractivity (Wildman–Crippen MR) is 51.4 cm³/mol. The number of phosphoric ester groups is 1. The van der Waals surface area contributed by atoms with Crippen LogP contribution in [0.5, 0.6) is 0 Å². The summed E-state index contributed by atoms with van der Waals surface area (Å²) in [6, 6.07) is 0. The van der Waals surface area contributed by atoms with Gasteiger partial charge in [-0.15, -0.1) is 0 Å². The van der Waals surface area contributed by atoms with Crippen LogP contribution in [-0.2, 0) is 32.5 Å². The Hall–Kier alpha value is -0.100. The fourth-order valence-corrected chi connectivity index (χ4v) is 1.58. The second-order valence-corrected chi connectivity index (χ2v) is 3.64. The molecule has 0 aliphatic rings. The first-order valence-corrected chi connectivity index (χ1v) is 4.92. The molecule has 0 aliphatic carbocycles. The molecule has 0 aromatic rings. The Morgan fingerprint density at radius 2 is 1.00 bits per heavy atom. The van der Waals surface area contributed by atoms with Gasteiger partial charge >= 0.3 is 63.5 Å². The quantitative estimate of drug-likeness (QED) is 0.518. The molecule has 0 rings (SSSR count). The molecular weight excluding hydrogens is 255 g/mol. The van der Waals surface area contributed by atoms with E-state index in [9.17, 15) is 18.9 Å². The van der Waals surface area contributed by atoms with Crippen molar-refractivity contribution in [2.24, 2.45) is 0 Å². The van der Waals surface area contributed by atoms with Crippen LogP contribution in [0.25, 0.3) is 0 Å². The molecule has 0 saturated carbocycles. The van der Waals surface area contributed by atoms with Crippen LogP contribution in [0, 0.1) is 0 Å². The van der Waals surface area contributed by atoms with E-state index in [2.05, 4.69) is 13.6 Å². The van der Waals surface area contributed by atoms with Crippen LogP contribution in [0.2, 0.25) is 0 Å². The molecule has 0 bridgehead atoms. The predicted octanol–water partition coefficient (Wildman–Crippen LogP) is -0.132. The summed E-state index contributed by atoms with van der Waals surface area (Å²) in [7, 11) is -4.44. The van der Waals surface area contributed by atoms with Gasteiger partial charge in [0, 0.05) is 20.8 Å². The minimum absolute atomic E-state index is 0. The summed E-state index contributed by atoms with van der Waals surface area (Å²) < 4.78 is 23.6. The van der Waals surface area contributed by atoms with Gasteiger partial charge in [0.05, 0.1) is 0 Å². The Morgan fingerprint density at radius 1 is 0.800 bits per heavy atom. The van der Waals surface area contributed by atoms with Crippen molar-refractivity contribution in [3.8, 4) is 0 Å². The Morgan fingerprint density at radius 3 is 1.13 bits per heavy atom. The third-order valence-electron chi connectivity index (χ3n) is 0.721. The second kappa shape index (κ2) is 7.22. The summed E-state index contributed by atoms with van der Waals surface area (Å²) in [4.78, 5) is 31.3. The zero-order chi connectivity index (χ0) is 11.4. The molecule has 9 heteroatoms. The maximum atomic E-state index is 11.3. The van der Waals surface area contributed by atoms with E-state index < -0.39 is 25.7 Å². The van der Waals surface area contributed by atoms with Crippen LogP contribution in [0.3, 0.4) is 0 Å². The summed E-state index contributed by atoms with van der Waals surface area (Å²) in [6.45, 7) is 2.79. The van der Waals surface area contributed by atoms with Crippen molar-refractivity contribution in [3.63, 3.8) is 0 Å². The Bertz CT molecular complexity index is 265. The third kappa shape index (κ3) is 8.87. The fourth-order valence-electron chi connectivity index (χ4n) is 0.528. The third-order valence-corrected chi connectivity index (χ3v) is 2.16. The molecular formula is C6H11CaO7P. The van der Waals surface area contributed by atoms with Gasteiger partial charge in [-0.05, 0) is 0 Å². The monoisotopic (exact) mass is 266 g/mol. The van der Waals surface area contributed by atoms with E-state index in [0.717, 1.165) is 20.8 Å². The first-order valence-electron chi connectivity index (χ1n) is 3.46. The molecule has 0 atom stereocenters. The average Bonchev–Trinajstić information content (AvgIpc) is 1.76. The van der Waals surface area contributed by atoms with Crippen molar-refractivity contribution in [1.82, 2.24) is 0 Å². The van der Waals surface area contributed by atoms with Gasteiger partial charge in [0.15, 0.2) is 0 Å². The van der Waals surface area contributed by atoms with E-state index in [0.29, 0.717) is 0 Å². The molecule has 7 nitrogen and oxygen atoms in total. The molecule has 0 aromatic heterocycles. The Kier molecular flexibility index (Phi) is 8.33. The standard InChI is InChI=1S/C6H9O7P.Ca.2H/c1-4(7)11-14(10,12-5(2)8)13-6(3)9;;;/h1-3H3;;;. The molecule has 15 heavy (non-hydrogen) atoms.